The fourth-order valence-corrected chi connectivity index (χ4v) is 1.46. The molecule has 0 rings (SSSR count). The Labute approximate surface area is 93.3 Å². The second-order valence-corrected chi connectivity index (χ2v) is 4.80. The molecule has 2 N–H and O–H groups in total. The molecule has 88 valence electrons. The van der Waals surface area contributed by atoms with Gasteiger partial charge in [0.2, 0.25) is 5.91 Å². The van der Waals surface area contributed by atoms with E-state index >= 15 is 0 Å². The molecule has 0 spiro atoms. The number of amides is 1. The van der Waals surface area contributed by atoms with E-state index in [1.165, 1.54) is 0 Å². The van der Waals surface area contributed by atoms with Gasteiger partial charge in [-0.2, -0.15) is 0 Å². The lowest BCUT2D eigenvalue weighted by molar-refractivity contribution is -0.136. The van der Waals surface area contributed by atoms with E-state index in [-0.39, 0.29) is 17.5 Å². The van der Waals surface area contributed by atoms with Gasteiger partial charge in [-0.3, -0.25) is 4.79 Å². The summed E-state index contributed by atoms with van der Waals surface area (Å²) in [4.78, 5) is 13.8. The van der Waals surface area contributed by atoms with Crippen molar-refractivity contribution >= 4 is 5.91 Å². The minimum atomic E-state index is -0.380. The van der Waals surface area contributed by atoms with Crippen molar-refractivity contribution in [3.05, 3.63) is 12.7 Å². The number of nitrogens with zero attached hydrogens (tertiary/aromatic N) is 1. The molecule has 0 aromatic carbocycles. The third-order valence-electron chi connectivity index (χ3n) is 2.30. The van der Waals surface area contributed by atoms with Crippen molar-refractivity contribution in [2.24, 2.45) is 5.73 Å². The van der Waals surface area contributed by atoms with Gasteiger partial charge in [0.1, 0.15) is 0 Å². The summed E-state index contributed by atoms with van der Waals surface area (Å²) in [5.74, 6) is 0.0178. The SMILES string of the molecule is C=CCN(C(=O)[C@H](N)CCC)C(C)(C)C. The van der Waals surface area contributed by atoms with E-state index in [1.807, 2.05) is 27.7 Å². The minimum absolute atomic E-state index is 0.0178. The average molecular weight is 212 g/mol. The van der Waals surface area contributed by atoms with Crippen molar-refractivity contribution in [3.63, 3.8) is 0 Å². The molecule has 0 aromatic rings. The van der Waals surface area contributed by atoms with E-state index in [9.17, 15) is 4.79 Å². The zero-order chi connectivity index (χ0) is 12.1. The quantitative estimate of drug-likeness (QED) is 0.708. The first-order valence-corrected chi connectivity index (χ1v) is 5.52. The first-order valence-electron chi connectivity index (χ1n) is 5.52. The molecule has 1 amide bonds. The average Bonchev–Trinajstić information content (AvgIpc) is 2.11. The van der Waals surface area contributed by atoms with Crippen LogP contribution in [-0.2, 0) is 4.79 Å². The lowest BCUT2D eigenvalue weighted by atomic mass is 10.0. The molecule has 0 saturated carbocycles. The molecule has 15 heavy (non-hydrogen) atoms. The molecule has 0 unspecified atom stereocenters. The van der Waals surface area contributed by atoms with Crippen molar-refractivity contribution < 1.29 is 4.79 Å². The maximum Gasteiger partial charge on any atom is 0.240 e. The van der Waals surface area contributed by atoms with Gasteiger partial charge in [-0.05, 0) is 27.2 Å². The number of hydrogen-bond acceptors (Lipinski definition) is 2. The van der Waals surface area contributed by atoms with Crippen LogP contribution in [0.2, 0.25) is 0 Å². The molecular formula is C12H24N2O. The summed E-state index contributed by atoms with van der Waals surface area (Å²) < 4.78 is 0. The van der Waals surface area contributed by atoms with Crippen LogP contribution in [0, 0.1) is 0 Å². The highest BCUT2D eigenvalue weighted by molar-refractivity contribution is 5.82. The Balaban J connectivity index is 4.62. The van der Waals surface area contributed by atoms with Crippen LogP contribution in [0.5, 0.6) is 0 Å². The van der Waals surface area contributed by atoms with Crippen LogP contribution >= 0.6 is 0 Å². The van der Waals surface area contributed by atoms with Crippen LogP contribution in [0.4, 0.5) is 0 Å². The normalized spacial score (nSPS) is 13.4. The van der Waals surface area contributed by atoms with Crippen molar-refractivity contribution in [3.8, 4) is 0 Å². The third-order valence-corrected chi connectivity index (χ3v) is 2.30. The molecule has 3 nitrogen and oxygen atoms in total. The van der Waals surface area contributed by atoms with E-state index in [0.29, 0.717) is 6.54 Å². The van der Waals surface area contributed by atoms with Crippen LogP contribution in [0.25, 0.3) is 0 Å². The predicted molar refractivity (Wildman–Crippen MR) is 64.5 cm³/mol. The van der Waals surface area contributed by atoms with Gasteiger partial charge >= 0.3 is 0 Å². The maximum absolute atomic E-state index is 12.0. The minimum Gasteiger partial charge on any atom is -0.333 e. The molecule has 1 atom stereocenters. The fraction of sp³-hybridized carbons (Fsp3) is 0.750. The summed E-state index contributed by atoms with van der Waals surface area (Å²) in [6, 6.07) is -0.380. The van der Waals surface area contributed by atoms with Gasteiger partial charge < -0.3 is 10.6 Å². The van der Waals surface area contributed by atoms with E-state index in [4.69, 9.17) is 5.73 Å². The van der Waals surface area contributed by atoms with Crippen LogP contribution in [-0.4, -0.2) is 28.9 Å². The smallest absolute Gasteiger partial charge is 0.240 e. The van der Waals surface area contributed by atoms with Gasteiger partial charge in [-0.15, -0.1) is 6.58 Å². The molecule has 0 heterocycles. The van der Waals surface area contributed by atoms with Crippen molar-refractivity contribution in [2.45, 2.75) is 52.1 Å². The van der Waals surface area contributed by atoms with E-state index < -0.39 is 0 Å². The van der Waals surface area contributed by atoms with Crippen molar-refractivity contribution in [2.75, 3.05) is 6.54 Å². The molecule has 0 fully saturated rings. The lowest BCUT2D eigenvalue weighted by Gasteiger charge is -2.36. The van der Waals surface area contributed by atoms with Crippen LogP contribution in [0.3, 0.4) is 0 Å². The first kappa shape index (κ1) is 14.2. The van der Waals surface area contributed by atoms with Gasteiger partial charge in [0.05, 0.1) is 6.04 Å². The zero-order valence-electron chi connectivity index (χ0n) is 10.4. The van der Waals surface area contributed by atoms with Gasteiger partial charge in [0.15, 0.2) is 0 Å². The predicted octanol–water partition coefficient (Wildman–Crippen LogP) is 1.93. The summed E-state index contributed by atoms with van der Waals surface area (Å²) >= 11 is 0. The highest BCUT2D eigenvalue weighted by Crippen LogP contribution is 2.15. The van der Waals surface area contributed by atoms with Crippen LogP contribution in [0.15, 0.2) is 12.7 Å². The van der Waals surface area contributed by atoms with E-state index in [2.05, 4.69) is 6.58 Å². The van der Waals surface area contributed by atoms with Gasteiger partial charge in [-0.1, -0.05) is 19.4 Å². The fourth-order valence-electron chi connectivity index (χ4n) is 1.46. The molecule has 0 aliphatic heterocycles. The Kier molecular flexibility index (Phi) is 5.58. The maximum atomic E-state index is 12.0. The zero-order valence-corrected chi connectivity index (χ0v) is 10.4. The number of carbonyl (C=O) groups excluding carboxylic acids is 1. The van der Waals surface area contributed by atoms with Gasteiger partial charge in [0, 0.05) is 12.1 Å². The molecule has 0 saturated heterocycles. The van der Waals surface area contributed by atoms with Gasteiger partial charge in [-0.25, -0.2) is 0 Å². The number of nitrogens with two attached hydrogens (primary N) is 1. The van der Waals surface area contributed by atoms with Gasteiger partial charge in [0.25, 0.3) is 0 Å². The second-order valence-electron chi connectivity index (χ2n) is 4.80. The molecule has 0 aliphatic rings. The molecule has 0 aliphatic carbocycles. The van der Waals surface area contributed by atoms with E-state index in [0.717, 1.165) is 12.8 Å². The summed E-state index contributed by atoms with van der Waals surface area (Å²) in [6.07, 6.45) is 3.41. The molecular weight excluding hydrogens is 188 g/mol. The first-order chi connectivity index (χ1) is 6.84. The number of rotatable bonds is 5. The Morgan fingerprint density at radius 1 is 1.53 bits per heavy atom. The highest BCUT2D eigenvalue weighted by atomic mass is 16.2. The molecule has 0 bridgehead atoms. The van der Waals surface area contributed by atoms with E-state index in [1.54, 1.807) is 11.0 Å². The summed E-state index contributed by atoms with van der Waals surface area (Å²) in [6.45, 7) is 12.3. The molecule has 0 aromatic heterocycles. The summed E-state index contributed by atoms with van der Waals surface area (Å²) in [7, 11) is 0. The van der Waals surface area contributed by atoms with Crippen molar-refractivity contribution in [1.82, 2.24) is 4.90 Å². The van der Waals surface area contributed by atoms with Crippen LogP contribution < -0.4 is 5.73 Å². The topological polar surface area (TPSA) is 46.3 Å². The highest BCUT2D eigenvalue weighted by Gasteiger charge is 2.28. The Hall–Kier alpha value is -0.830. The third kappa shape index (κ3) is 4.47. The largest absolute Gasteiger partial charge is 0.333 e. The second kappa shape index (κ2) is 5.91. The summed E-state index contributed by atoms with van der Waals surface area (Å²) in [5, 5.41) is 0. The lowest BCUT2D eigenvalue weighted by Crippen LogP contribution is -2.52. The molecule has 0 radical (unpaired) electrons. The number of carbonyl (C=O) groups is 1. The Morgan fingerprint density at radius 3 is 2.40 bits per heavy atom. The summed E-state index contributed by atoms with van der Waals surface area (Å²) in [5.41, 5.74) is 5.63. The molecule has 3 heteroatoms. The Morgan fingerprint density at radius 2 is 2.07 bits per heavy atom. The monoisotopic (exact) mass is 212 g/mol. The Bertz CT molecular complexity index is 218. The standard InChI is InChI=1S/C12H24N2O/c1-6-8-10(13)11(15)14(9-7-2)12(3,4)5/h7,10H,2,6,8-9,13H2,1,3-5H3/t10-/m1/s1. The number of hydrogen-bond donors (Lipinski definition) is 1. The van der Waals surface area contributed by atoms with Crippen LogP contribution in [0.1, 0.15) is 40.5 Å². The van der Waals surface area contributed by atoms with Crippen molar-refractivity contribution in [1.29, 1.82) is 0 Å².